The predicted octanol–water partition coefficient (Wildman–Crippen LogP) is 1.50. The van der Waals surface area contributed by atoms with Crippen molar-refractivity contribution in [2.75, 3.05) is 6.61 Å². The normalized spacial score (nSPS) is 40.8. The van der Waals surface area contributed by atoms with E-state index >= 15 is 0 Å². The number of hydrogen-bond donors (Lipinski definition) is 0. The summed E-state index contributed by atoms with van der Waals surface area (Å²) in [6.45, 7) is 9.41. The molecule has 7 nitrogen and oxygen atoms in total. The quantitative estimate of drug-likeness (QED) is 0.574. The Hall–Kier alpha value is -0.990. The summed E-state index contributed by atoms with van der Waals surface area (Å²) in [5.74, 6) is -1.92. The van der Waals surface area contributed by atoms with Gasteiger partial charge in [0.05, 0.1) is 6.61 Å². The van der Waals surface area contributed by atoms with Crippen molar-refractivity contribution in [2.24, 2.45) is 0 Å². The van der Waals surface area contributed by atoms with E-state index in [4.69, 9.17) is 28.4 Å². The van der Waals surface area contributed by atoms with E-state index in [0.29, 0.717) is 6.61 Å². The SMILES string of the molecule is CCOC(=O)/C=C/C1OC2OC(C)(C)OC2C2OC(C)(C)OC12. The summed E-state index contributed by atoms with van der Waals surface area (Å²) in [4.78, 5) is 11.5. The Morgan fingerprint density at radius 1 is 1.00 bits per heavy atom. The molecule has 0 radical (unpaired) electrons. The van der Waals surface area contributed by atoms with Gasteiger partial charge < -0.3 is 28.4 Å². The van der Waals surface area contributed by atoms with E-state index in [1.807, 2.05) is 27.7 Å². The summed E-state index contributed by atoms with van der Waals surface area (Å²) in [7, 11) is 0. The van der Waals surface area contributed by atoms with Crippen molar-refractivity contribution in [1.82, 2.24) is 0 Å². The number of carbonyl (C=O) groups excluding carboxylic acids is 1. The number of rotatable bonds is 3. The van der Waals surface area contributed by atoms with Crippen LogP contribution in [-0.2, 0) is 33.2 Å². The van der Waals surface area contributed by atoms with Gasteiger partial charge in [-0.3, -0.25) is 0 Å². The molecule has 0 aromatic rings. The molecule has 0 aliphatic carbocycles. The van der Waals surface area contributed by atoms with Gasteiger partial charge in [-0.1, -0.05) is 0 Å². The molecule has 7 heteroatoms. The number of hydrogen-bond acceptors (Lipinski definition) is 7. The minimum atomic E-state index is -0.754. The van der Waals surface area contributed by atoms with E-state index in [1.165, 1.54) is 6.08 Å². The van der Waals surface area contributed by atoms with Gasteiger partial charge in [0, 0.05) is 6.08 Å². The van der Waals surface area contributed by atoms with Crippen molar-refractivity contribution < 1.29 is 33.2 Å². The first kappa shape index (κ1) is 16.9. The lowest BCUT2D eigenvalue weighted by Crippen LogP contribution is -2.54. The third kappa shape index (κ3) is 3.44. The molecule has 0 aromatic carbocycles. The molecule has 3 saturated heterocycles. The number of carbonyl (C=O) groups is 1. The predicted molar refractivity (Wildman–Crippen MR) is 78.3 cm³/mol. The summed E-state index contributed by atoms with van der Waals surface area (Å²) in [6, 6.07) is 0. The summed E-state index contributed by atoms with van der Waals surface area (Å²) in [5.41, 5.74) is 0. The molecule has 3 heterocycles. The number of ether oxygens (including phenoxy) is 6. The lowest BCUT2D eigenvalue weighted by Gasteiger charge is -2.35. The molecule has 23 heavy (non-hydrogen) atoms. The largest absolute Gasteiger partial charge is 0.463 e. The fourth-order valence-electron chi connectivity index (χ4n) is 3.16. The monoisotopic (exact) mass is 328 g/mol. The molecule has 0 N–H and O–H groups in total. The summed E-state index contributed by atoms with van der Waals surface area (Å²) >= 11 is 0. The van der Waals surface area contributed by atoms with Gasteiger partial charge in [-0.2, -0.15) is 0 Å². The van der Waals surface area contributed by atoms with Crippen LogP contribution in [0.2, 0.25) is 0 Å². The van der Waals surface area contributed by atoms with Gasteiger partial charge in [0.2, 0.25) is 0 Å². The maximum Gasteiger partial charge on any atom is 0.330 e. The highest BCUT2D eigenvalue weighted by Crippen LogP contribution is 2.44. The van der Waals surface area contributed by atoms with Crippen LogP contribution in [-0.4, -0.2) is 54.9 Å². The Balaban J connectivity index is 1.80. The second-order valence-corrected chi connectivity index (χ2v) is 6.75. The molecule has 3 fully saturated rings. The molecular formula is C16H24O7. The molecule has 0 saturated carbocycles. The zero-order valence-electron chi connectivity index (χ0n) is 14.1. The van der Waals surface area contributed by atoms with E-state index in [0.717, 1.165) is 0 Å². The molecule has 3 aliphatic rings. The van der Waals surface area contributed by atoms with Gasteiger partial charge in [0.15, 0.2) is 17.9 Å². The molecule has 0 bridgehead atoms. The van der Waals surface area contributed by atoms with Crippen LogP contribution in [0, 0.1) is 0 Å². The van der Waals surface area contributed by atoms with Crippen molar-refractivity contribution in [3.05, 3.63) is 12.2 Å². The zero-order chi connectivity index (χ0) is 16.8. The highest BCUT2D eigenvalue weighted by molar-refractivity contribution is 5.81. The molecule has 0 amide bonds. The van der Waals surface area contributed by atoms with Crippen LogP contribution in [0.1, 0.15) is 34.6 Å². The second-order valence-electron chi connectivity index (χ2n) is 6.75. The lowest BCUT2D eigenvalue weighted by atomic mass is 9.98. The van der Waals surface area contributed by atoms with Crippen molar-refractivity contribution >= 4 is 5.97 Å². The first-order chi connectivity index (χ1) is 10.7. The van der Waals surface area contributed by atoms with Crippen LogP contribution < -0.4 is 0 Å². The average molecular weight is 328 g/mol. The average Bonchev–Trinajstić information content (AvgIpc) is 2.90. The van der Waals surface area contributed by atoms with Gasteiger partial charge in [0.25, 0.3) is 0 Å². The van der Waals surface area contributed by atoms with Gasteiger partial charge in [-0.25, -0.2) is 4.79 Å². The van der Waals surface area contributed by atoms with Gasteiger partial charge in [0.1, 0.15) is 24.4 Å². The first-order valence-electron chi connectivity index (χ1n) is 7.92. The van der Waals surface area contributed by atoms with E-state index in [1.54, 1.807) is 13.0 Å². The third-order valence-electron chi connectivity index (χ3n) is 3.90. The maximum absolute atomic E-state index is 11.5. The minimum absolute atomic E-state index is 0.323. The summed E-state index contributed by atoms with van der Waals surface area (Å²) in [6.07, 6.45) is 0.846. The highest BCUT2D eigenvalue weighted by Gasteiger charge is 2.60. The second kappa shape index (κ2) is 5.82. The Labute approximate surface area is 135 Å². The van der Waals surface area contributed by atoms with Crippen LogP contribution in [0.5, 0.6) is 0 Å². The number of fused-ring (bicyclic) bond motifs is 3. The first-order valence-corrected chi connectivity index (χ1v) is 7.92. The Kier molecular flexibility index (Phi) is 4.27. The smallest absolute Gasteiger partial charge is 0.330 e. The van der Waals surface area contributed by atoms with E-state index in [-0.39, 0.29) is 18.3 Å². The molecule has 0 spiro atoms. The van der Waals surface area contributed by atoms with Crippen molar-refractivity contribution in [3.8, 4) is 0 Å². The lowest BCUT2D eigenvalue weighted by molar-refractivity contribution is -0.222. The molecule has 5 atom stereocenters. The van der Waals surface area contributed by atoms with Crippen LogP contribution in [0.4, 0.5) is 0 Å². The van der Waals surface area contributed by atoms with Gasteiger partial charge >= 0.3 is 5.97 Å². The summed E-state index contributed by atoms with van der Waals surface area (Å²) < 4.78 is 34.5. The number of esters is 1. The topological polar surface area (TPSA) is 72.5 Å². The standard InChI is InChI=1S/C16H24O7/c1-6-18-10(17)8-7-9-11-12(21-15(2,3)20-11)13-14(19-9)23-16(4,5)22-13/h7-9,11-14H,6H2,1-5H3/b8-7+. The Bertz CT molecular complexity index is 499. The van der Waals surface area contributed by atoms with Crippen LogP contribution in [0.15, 0.2) is 12.2 Å². The zero-order valence-corrected chi connectivity index (χ0v) is 14.1. The fraction of sp³-hybridized carbons (Fsp3) is 0.812. The maximum atomic E-state index is 11.5. The molecule has 0 aromatic heterocycles. The van der Waals surface area contributed by atoms with E-state index in [9.17, 15) is 4.79 Å². The van der Waals surface area contributed by atoms with Crippen LogP contribution >= 0.6 is 0 Å². The fourth-order valence-corrected chi connectivity index (χ4v) is 3.16. The third-order valence-corrected chi connectivity index (χ3v) is 3.90. The molecule has 130 valence electrons. The minimum Gasteiger partial charge on any atom is -0.463 e. The van der Waals surface area contributed by atoms with Crippen LogP contribution in [0.25, 0.3) is 0 Å². The molecule has 3 rings (SSSR count). The Morgan fingerprint density at radius 3 is 2.30 bits per heavy atom. The van der Waals surface area contributed by atoms with Crippen LogP contribution in [0.3, 0.4) is 0 Å². The highest BCUT2D eigenvalue weighted by atomic mass is 16.9. The molecular weight excluding hydrogens is 304 g/mol. The van der Waals surface area contributed by atoms with E-state index < -0.39 is 29.9 Å². The van der Waals surface area contributed by atoms with Crippen molar-refractivity contribution in [1.29, 1.82) is 0 Å². The molecule has 3 aliphatic heterocycles. The van der Waals surface area contributed by atoms with Crippen molar-refractivity contribution in [3.63, 3.8) is 0 Å². The summed E-state index contributed by atoms with van der Waals surface area (Å²) in [5, 5.41) is 0. The van der Waals surface area contributed by atoms with Gasteiger partial charge in [-0.15, -0.1) is 0 Å². The molecule has 5 unspecified atom stereocenters. The van der Waals surface area contributed by atoms with Gasteiger partial charge in [-0.05, 0) is 40.7 Å². The van der Waals surface area contributed by atoms with E-state index in [2.05, 4.69) is 0 Å². The Morgan fingerprint density at radius 2 is 1.61 bits per heavy atom. The van der Waals surface area contributed by atoms with Crippen molar-refractivity contribution in [2.45, 2.75) is 76.9 Å².